The molecule has 4 nitrogen and oxygen atoms in total. The molecule has 0 aromatic heterocycles. The lowest BCUT2D eigenvalue weighted by molar-refractivity contribution is 0.0756. The third-order valence-electron chi connectivity index (χ3n) is 7.05. The molecule has 0 bridgehead atoms. The van der Waals surface area contributed by atoms with Gasteiger partial charge in [0.15, 0.2) is 0 Å². The van der Waals surface area contributed by atoms with Crippen LogP contribution in [-0.4, -0.2) is 61.0 Å². The molecule has 31 heavy (non-hydrogen) atoms. The topological polar surface area (TPSA) is 35.6 Å². The first-order valence-corrected chi connectivity index (χ1v) is 11.2. The van der Waals surface area contributed by atoms with Crippen LogP contribution < -0.4 is 5.32 Å². The molecule has 2 aromatic carbocycles. The van der Waals surface area contributed by atoms with Crippen LogP contribution in [0, 0.1) is 0 Å². The molecule has 1 unspecified atom stereocenters. The molecular weight excluding hydrogens is 429 g/mol. The number of amides is 1. The predicted molar refractivity (Wildman–Crippen MR) is 131 cm³/mol. The number of hydrogen-bond acceptors (Lipinski definition) is 3. The molecule has 2 saturated heterocycles. The van der Waals surface area contributed by atoms with Gasteiger partial charge in [0.1, 0.15) is 0 Å². The number of fused-ring (bicyclic) bond motifs is 1. The second-order valence-electron chi connectivity index (χ2n) is 8.79. The molecule has 168 valence electrons. The van der Waals surface area contributed by atoms with E-state index in [-0.39, 0.29) is 30.7 Å². The Balaban J connectivity index is 0.00000136. The molecule has 2 heterocycles. The van der Waals surface area contributed by atoms with Crippen LogP contribution in [0.25, 0.3) is 0 Å². The minimum absolute atomic E-state index is 0. The number of carbonyl (C=O) groups is 1. The highest BCUT2D eigenvalue weighted by molar-refractivity contribution is 5.96. The van der Waals surface area contributed by atoms with Crippen molar-refractivity contribution in [1.82, 2.24) is 15.1 Å². The molecule has 1 N–H and O–H groups in total. The smallest absolute Gasteiger partial charge is 0.254 e. The molecule has 1 amide bonds. The highest BCUT2D eigenvalue weighted by atomic mass is 35.5. The van der Waals surface area contributed by atoms with Crippen LogP contribution >= 0.6 is 24.8 Å². The summed E-state index contributed by atoms with van der Waals surface area (Å²) in [7, 11) is 0. The Hall–Kier alpha value is -1.59. The Morgan fingerprint density at radius 1 is 0.871 bits per heavy atom. The van der Waals surface area contributed by atoms with Crippen LogP contribution in [-0.2, 0) is 12.8 Å². The number of rotatable bonds is 3. The van der Waals surface area contributed by atoms with E-state index in [4.69, 9.17) is 0 Å². The van der Waals surface area contributed by atoms with Gasteiger partial charge in [-0.1, -0.05) is 42.5 Å². The van der Waals surface area contributed by atoms with E-state index in [1.165, 1.54) is 16.7 Å². The summed E-state index contributed by atoms with van der Waals surface area (Å²) in [6.07, 6.45) is 4.50. The number of hydrogen-bond donors (Lipinski definition) is 1. The summed E-state index contributed by atoms with van der Waals surface area (Å²) in [5.41, 5.74) is 5.17. The zero-order valence-corrected chi connectivity index (χ0v) is 19.6. The summed E-state index contributed by atoms with van der Waals surface area (Å²) in [5.74, 6) is 0.694. The fourth-order valence-electron chi connectivity index (χ4n) is 5.44. The van der Waals surface area contributed by atoms with Gasteiger partial charge in [0.2, 0.25) is 0 Å². The van der Waals surface area contributed by atoms with E-state index in [0.29, 0.717) is 12.0 Å². The normalized spacial score (nSPS) is 21.7. The van der Waals surface area contributed by atoms with Gasteiger partial charge < -0.3 is 10.2 Å². The molecule has 2 aliphatic heterocycles. The Bertz CT molecular complexity index is 860. The van der Waals surface area contributed by atoms with Gasteiger partial charge in [-0.2, -0.15) is 0 Å². The van der Waals surface area contributed by atoms with Crippen molar-refractivity contribution in [2.45, 2.75) is 37.6 Å². The van der Waals surface area contributed by atoms with Gasteiger partial charge in [-0.25, -0.2) is 0 Å². The van der Waals surface area contributed by atoms with E-state index in [0.717, 1.165) is 70.5 Å². The predicted octanol–water partition coefficient (Wildman–Crippen LogP) is 3.92. The highest BCUT2D eigenvalue weighted by Crippen LogP contribution is 2.28. The summed E-state index contributed by atoms with van der Waals surface area (Å²) in [5, 5.41) is 3.44. The maximum atomic E-state index is 13.4. The van der Waals surface area contributed by atoms with Crippen molar-refractivity contribution in [2.24, 2.45) is 0 Å². The largest absolute Gasteiger partial charge is 0.337 e. The monoisotopic (exact) mass is 461 g/mol. The number of nitrogens with one attached hydrogen (secondary N) is 1. The number of halogens is 2. The van der Waals surface area contributed by atoms with Crippen molar-refractivity contribution >= 4 is 30.7 Å². The summed E-state index contributed by atoms with van der Waals surface area (Å²) < 4.78 is 0. The molecule has 1 atom stereocenters. The van der Waals surface area contributed by atoms with E-state index in [2.05, 4.69) is 51.5 Å². The van der Waals surface area contributed by atoms with Crippen LogP contribution in [0.5, 0.6) is 0 Å². The molecule has 2 aromatic rings. The van der Waals surface area contributed by atoms with E-state index < -0.39 is 0 Å². The van der Waals surface area contributed by atoms with E-state index in [1.807, 2.05) is 12.1 Å². The van der Waals surface area contributed by atoms with E-state index in [9.17, 15) is 4.79 Å². The van der Waals surface area contributed by atoms with Crippen LogP contribution in [0.2, 0.25) is 0 Å². The van der Waals surface area contributed by atoms with Gasteiger partial charge in [0, 0.05) is 44.3 Å². The average Bonchev–Trinajstić information content (AvgIpc) is 3.38. The summed E-state index contributed by atoms with van der Waals surface area (Å²) in [6.45, 7) is 5.82. The van der Waals surface area contributed by atoms with Crippen molar-refractivity contribution in [3.63, 3.8) is 0 Å². The fraction of sp³-hybridized carbons (Fsp3) is 0.480. The second-order valence-corrected chi connectivity index (χ2v) is 8.79. The van der Waals surface area contributed by atoms with E-state index in [1.54, 1.807) is 0 Å². The SMILES string of the molecule is Cl.Cl.O=C(c1ccccc1C1CCNC1)N1CCCN(C2Cc3ccccc3C2)CC1. The van der Waals surface area contributed by atoms with Gasteiger partial charge in [0.25, 0.3) is 5.91 Å². The summed E-state index contributed by atoms with van der Waals surface area (Å²) in [4.78, 5) is 18.1. The molecule has 0 radical (unpaired) electrons. The maximum Gasteiger partial charge on any atom is 0.254 e. The van der Waals surface area contributed by atoms with Gasteiger partial charge >= 0.3 is 0 Å². The quantitative estimate of drug-likeness (QED) is 0.751. The van der Waals surface area contributed by atoms with Crippen molar-refractivity contribution < 1.29 is 4.79 Å². The summed E-state index contributed by atoms with van der Waals surface area (Å²) in [6, 6.07) is 17.7. The molecule has 5 rings (SSSR count). The van der Waals surface area contributed by atoms with Crippen molar-refractivity contribution in [2.75, 3.05) is 39.3 Å². The molecule has 2 fully saturated rings. The lowest BCUT2D eigenvalue weighted by atomic mass is 9.93. The molecule has 1 aliphatic carbocycles. The highest BCUT2D eigenvalue weighted by Gasteiger charge is 2.30. The minimum Gasteiger partial charge on any atom is -0.337 e. The number of benzene rings is 2. The number of nitrogens with zero attached hydrogens (tertiary/aromatic N) is 2. The molecule has 0 spiro atoms. The third-order valence-corrected chi connectivity index (χ3v) is 7.05. The molecular formula is C25H33Cl2N3O. The Morgan fingerprint density at radius 3 is 2.29 bits per heavy atom. The second kappa shape index (κ2) is 10.8. The summed E-state index contributed by atoms with van der Waals surface area (Å²) >= 11 is 0. The van der Waals surface area contributed by atoms with Crippen LogP contribution in [0.1, 0.15) is 45.8 Å². The molecule has 0 saturated carbocycles. The van der Waals surface area contributed by atoms with Crippen LogP contribution in [0.4, 0.5) is 0 Å². The first-order valence-electron chi connectivity index (χ1n) is 11.2. The zero-order chi connectivity index (χ0) is 19.6. The Morgan fingerprint density at radius 2 is 1.58 bits per heavy atom. The molecule has 6 heteroatoms. The van der Waals surface area contributed by atoms with Gasteiger partial charge in [-0.05, 0) is 60.9 Å². The number of carbonyl (C=O) groups excluding carboxylic acids is 1. The standard InChI is InChI=1S/C25H31N3O.2ClH/c29-25(24-9-4-3-8-23(24)21-10-11-26-18-21)28-13-5-12-27(14-15-28)22-16-19-6-1-2-7-20(19)17-22;;/h1-4,6-9,21-22,26H,5,10-18H2;2*1H. The maximum absolute atomic E-state index is 13.4. The third kappa shape index (κ3) is 5.09. The van der Waals surface area contributed by atoms with Crippen molar-refractivity contribution in [1.29, 1.82) is 0 Å². The Labute approximate surface area is 198 Å². The lowest BCUT2D eigenvalue weighted by Gasteiger charge is -2.27. The average molecular weight is 462 g/mol. The van der Waals surface area contributed by atoms with Crippen molar-refractivity contribution in [3.05, 3.63) is 70.8 Å². The van der Waals surface area contributed by atoms with Crippen LogP contribution in [0.15, 0.2) is 48.5 Å². The first kappa shape index (κ1) is 24.1. The lowest BCUT2D eigenvalue weighted by Crippen LogP contribution is -2.40. The fourth-order valence-corrected chi connectivity index (χ4v) is 5.44. The van der Waals surface area contributed by atoms with Gasteiger partial charge in [0.05, 0.1) is 0 Å². The van der Waals surface area contributed by atoms with E-state index >= 15 is 0 Å². The first-order chi connectivity index (χ1) is 14.3. The van der Waals surface area contributed by atoms with Gasteiger partial charge in [-0.3, -0.25) is 9.69 Å². The minimum atomic E-state index is 0. The van der Waals surface area contributed by atoms with Gasteiger partial charge in [-0.15, -0.1) is 24.8 Å². The zero-order valence-electron chi connectivity index (χ0n) is 18.0. The molecule has 3 aliphatic rings. The van der Waals surface area contributed by atoms with Crippen molar-refractivity contribution in [3.8, 4) is 0 Å². The van der Waals surface area contributed by atoms with Crippen LogP contribution in [0.3, 0.4) is 0 Å². The Kier molecular flexibility index (Phi) is 8.40.